The first kappa shape index (κ1) is 23.3. The summed E-state index contributed by atoms with van der Waals surface area (Å²) in [7, 11) is 2.62. The number of carbonyl (C=O) groups excluding carboxylic acids is 2. The van der Waals surface area contributed by atoms with Crippen LogP contribution in [0, 0.1) is 0 Å². The van der Waals surface area contributed by atoms with E-state index in [9.17, 15) is 9.59 Å². The van der Waals surface area contributed by atoms with Gasteiger partial charge < -0.3 is 13.3 Å². The van der Waals surface area contributed by atoms with Crippen molar-refractivity contribution in [3.63, 3.8) is 0 Å². The second-order valence-electron chi connectivity index (χ2n) is 7.02. The normalized spacial score (nSPS) is 15.3. The first-order valence-corrected chi connectivity index (χ1v) is 12.0. The Labute approximate surface area is 159 Å². The number of nitrogens with zero attached hydrogens (tertiary/aromatic N) is 1. The summed E-state index contributed by atoms with van der Waals surface area (Å²) in [6.45, 7) is 0.618. The summed E-state index contributed by atoms with van der Waals surface area (Å²) in [5.74, 6) is 0.0211. The first-order chi connectivity index (χ1) is 12.6. The first-order valence-electron chi connectivity index (χ1n) is 10.1. The van der Waals surface area contributed by atoms with Crippen molar-refractivity contribution in [1.29, 1.82) is 0 Å². The van der Waals surface area contributed by atoms with Crippen molar-refractivity contribution in [3.05, 3.63) is 0 Å². The summed E-state index contributed by atoms with van der Waals surface area (Å²) in [6, 6.07) is 0.887. The van der Waals surface area contributed by atoms with Crippen molar-refractivity contribution in [2.24, 2.45) is 0 Å². The van der Waals surface area contributed by atoms with Crippen LogP contribution in [0.25, 0.3) is 0 Å². The Morgan fingerprint density at radius 3 is 1.50 bits per heavy atom. The average molecular weight is 388 g/mol. The Kier molecular flexibility index (Phi) is 12.0. The average Bonchev–Trinajstić information content (AvgIpc) is 2.98. The molecule has 0 aromatic carbocycles. The fourth-order valence-corrected chi connectivity index (χ4v) is 5.25. The molecule has 0 aliphatic carbocycles. The van der Waals surface area contributed by atoms with Crippen LogP contribution in [0.15, 0.2) is 0 Å². The summed E-state index contributed by atoms with van der Waals surface area (Å²) < 4.78 is 16.3. The molecular formula is C19H37NO5Si. The minimum absolute atomic E-state index is 0.0106. The van der Waals surface area contributed by atoms with Gasteiger partial charge in [0.05, 0.1) is 0 Å². The predicted molar refractivity (Wildman–Crippen MR) is 104 cm³/mol. The lowest BCUT2D eigenvalue weighted by Crippen LogP contribution is -2.42. The van der Waals surface area contributed by atoms with Gasteiger partial charge in [0.15, 0.2) is 0 Å². The van der Waals surface area contributed by atoms with Gasteiger partial charge in [-0.2, -0.15) is 0 Å². The van der Waals surface area contributed by atoms with E-state index >= 15 is 0 Å². The molecule has 1 fully saturated rings. The number of likely N-dealkylation sites (tertiary alicyclic amines) is 1. The van der Waals surface area contributed by atoms with Crippen LogP contribution in [0.1, 0.15) is 77.0 Å². The van der Waals surface area contributed by atoms with Crippen LogP contribution in [-0.4, -0.2) is 53.4 Å². The maximum Gasteiger partial charge on any atom is 0.500 e. The third-order valence-corrected chi connectivity index (χ3v) is 8.03. The third kappa shape index (κ3) is 8.29. The van der Waals surface area contributed by atoms with Gasteiger partial charge >= 0.3 is 8.80 Å². The third-order valence-electron chi connectivity index (χ3n) is 5.20. The Bertz CT molecular complexity index is 390. The summed E-state index contributed by atoms with van der Waals surface area (Å²) in [4.78, 5) is 24.4. The fourth-order valence-electron chi connectivity index (χ4n) is 3.45. The quantitative estimate of drug-likeness (QED) is 0.228. The second-order valence-corrected chi connectivity index (χ2v) is 10.1. The van der Waals surface area contributed by atoms with Gasteiger partial charge in [0.2, 0.25) is 11.8 Å². The monoisotopic (exact) mass is 387 g/mol. The zero-order valence-corrected chi connectivity index (χ0v) is 17.9. The molecule has 1 rings (SSSR count). The van der Waals surface area contributed by atoms with Crippen molar-refractivity contribution in [1.82, 2.24) is 4.90 Å². The van der Waals surface area contributed by atoms with Gasteiger partial charge in [0.25, 0.3) is 0 Å². The van der Waals surface area contributed by atoms with E-state index in [0.29, 0.717) is 19.4 Å². The van der Waals surface area contributed by atoms with Crippen LogP contribution in [0.5, 0.6) is 0 Å². The molecule has 0 unspecified atom stereocenters. The van der Waals surface area contributed by atoms with Crippen LogP contribution in [0.4, 0.5) is 0 Å². The number of amides is 2. The summed E-state index contributed by atoms with van der Waals surface area (Å²) in [5, 5.41) is 0. The highest BCUT2D eigenvalue weighted by atomic mass is 28.4. The maximum atomic E-state index is 11.5. The smallest absolute Gasteiger partial charge is 0.377 e. The molecule has 26 heavy (non-hydrogen) atoms. The molecule has 0 atom stereocenters. The SMILES string of the molecule is CO[Si](CCCCCCCCCCCCN1C(=O)CCC1=O)(OC)OC. The van der Waals surface area contributed by atoms with Crippen molar-refractivity contribution >= 4 is 20.6 Å². The zero-order valence-electron chi connectivity index (χ0n) is 16.9. The molecule has 2 amide bonds. The largest absolute Gasteiger partial charge is 0.500 e. The molecule has 0 bridgehead atoms. The fraction of sp³-hybridized carbons (Fsp3) is 0.895. The number of imide groups is 1. The van der Waals surface area contributed by atoms with E-state index in [1.165, 1.54) is 49.8 Å². The van der Waals surface area contributed by atoms with E-state index in [2.05, 4.69) is 0 Å². The molecule has 6 nitrogen and oxygen atoms in total. The highest BCUT2D eigenvalue weighted by Crippen LogP contribution is 2.19. The maximum absolute atomic E-state index is 11.5. The molecule has 7 heteroatoms. The van der Waals surface area contributed by atoms with Crippen LogP contribution in [-0.2, 0) is 22.9 Å². The number of rotatable bonds is 16. The Morgan fingerprint density at radius 1 is 0.692 bits per heavy atom. The highest BCUT2D eigenvalue weighted by molar-refractivity contribution is 6.60. The minimum atomic E-state index is -2.38. The molecule has 0 aromatic heterocycles. The zero-order chi connectivity index (χ0) is 19.3. The number of hydrogen-bond donors (Lipinski definition) is 0. The van der Waals surface area contributed by atoms with E-state index in [1.807, 2.05) is 0 Å². The van der Waals surface area contributed by atoms with Crippen LogP contribution in [0.3, 0.4) is 0 Å². The summed E-state index contributed by atoms with van der Waals surface area (Å²) in [6.07, 6.45) is 12.7. The van der Waals surface area contributed by atoms with Crippen LogP contribution in [0.2, 0.25) is 6.04 Å². The van der Waals surface area contributed by atoms with Gasteiger partial charge in [0, 0.05) is 46.8 Å². The molecule has 152 valence electrons. The molecule has 0 N–H and O–H groups in total. The number of carbonyl (C=O) groups is 2. The van der Waals surface area contributed by atoms with Gasteiger partial charge in [-0.3, -0.25) is 14.5 Å². The van der Waals surface area contributed by atoms with Gasteiger partial charge in [-0.25, -0.2) is 0 Å². The molecule has 0 saturated carbocycles. The van der Waals surface area contributed by atoms with Crippen LogP contribution >= 0.6 is 0 Å². The van der Waals surface area contributed by atoms with E-state index in [-0.39, 0.29) is 11.8 Å². The second kappa shape index (κ2) is 13.4. The molecule has 0 aromatic rings. The van der Waals surface area contributed by atoms with Crippen molar-refractivity contribution in [3.8, 4) is 0 Å². The lowest BCUT2D eigenvalue weighted by Gasteiger charge is -2.24. The molecular weight excluding hydrogens is 350 g/mol. The van der Waals surface area contributed by atoms with Crippen LogP contribution < -0.4 is 0 Å². The Morgan fingerprint density at radius 2 is 1.08 bits per heavy atom. The van der Waals surface area contributed by atoms with Gasteiger partial charge in [-0.05, 0) is 12.8 Å². The van der Waals surface area contributed by atoms with Gasteiger partial charge in [-0.1, -0.05) is 51.4 Å². The molecule has 0 radical (unpaired) electrons. The van der Waals surface area contributed by atoms with Gasteiger partial charge in [-0.15, -0.1) is 0 Å². The Hall–Kier alpha value is -0.763. The van der Waals surface area contributed by atoms with E-state index in [0.717, 1.165) is 25.3 Å². The molecule has 0 spiro atoms. The van der Waals surface area contributed by atoms with Crippen molar-refractivity contribution < 1.29 is 22.9 Å². The number of hydrogen-bond acceptors (Lipinski definition) is 5. The van der Waals surface area contributed by atoms with Crippen molar-refractivity contribution in [2.75, 3.05) is 27.9 Å². The summed E-state index contributed by atoms with van der Waals surface area (Å²) in [5.41, 5.74) is 0. The lowest BCUT2D eigenvalue weighted by molar-refractivity contribution is -0.138. The van der Waals surface area contributed by atoms with E-state index in [1.54, 1.807) is 21.3 Å². The summed E-state index contributed by atoms with van der Waals surface area (Å²) >= 11 is 0. The molecule has 1 saturated heterocycles. The Balaban J connectivity index is 1.88. The number of unbranched alkanes of at least 4 members (excludes halogenated alkanes) is 9. The van der Waals surface area contributed by atoms with Crippen molar-refractivity contribution in [2.45, 2.75) is 83.1 Å². The van der Waals surface area contributed by atoms with Gasteiger partial charge in [0.1, 0.15) is 0 Å². The molecule has 1 aliphatic rings. The molecule has 1 heterocycles. The molecule has 1 aliphatic heterocycles. The standard InChI is InChI=1S/C19H37NO5Si/c1-23-26(24-2,25-3)17-13-11-9-7-5-4-6-8-10-12-16-20-18(21)14-15-19(20)22/h4-17H2,1-3H3. The van der Waals surface area contributed by atoms with E-state index in [4.69, 9.17) is 13.3 Å². The minimum Gasteiger partial charge on any atom is -0.377 e. The highest BCUT2D eigenvalue weighted by Gasteiger charge is 2.36. The predicted octanol–water partition coefficient (Wildman–Crippen LogP) is 3.91. The van der Waals surface area contributed by atoms with E-state index < -0.39 is 8.80 Å². The lowest BCUT2D eigenvalue weighted by atomic mass is 10.1. The topological polar surface area (TPSA) is 65.1 Å².